The molecule has 4 rings (SSSR count). The predicted molar refractivity (Wildman–Crippen MR) is 133 cm³/mol. The van der Waals surface area contributed by atoms with E-state index in [9.17, 15) is 0 Å². The molecule has 1 fully saturated rings. The summed E-state index contributed by atoms with van der Waals surface area (Å²) in [5.41, 5.74) is 9.10. The molecule has 1 aliphatic carbocycles. The number of nitrogens with two attached hydrogens (primary N) is 1. The summed E-state index contributed by atoms with van der Waals surface area (Å²) in [6, 6.07) is 12.9. The number of anilines is 1. The van der Waals surface area contributed by atoms with Crippen LogP contribution in [-0.2, 0) is 0 Å². The highest BCUT2D eigenvalue weighted by Gasteiger charge is 2.19. The van der Waals surface area contributed by atoms with E-state index in [0.717, 1.165) is 48.1 Å². The summed E-state index contributed by atoms with van der Waals surface area (Å²) in [6.07, 6.45) is 9.93. The molecule has 0 radical (unpaired) electrons. The molecule has 162 valence electrons. The van der Waals surface area contributed by atoms with Gasteiger partial charge in [-0.25, -0.2) is 9.97 Å². The Morgan fingerprint density at radius 1 is 0.967 bits per heavy atom. The van der Waals surface area contributed by atoms with Gasteiger partial charge in [0.1, 0.15) is 5.82 Å². The molecule has 3 aromatic rings. The first-order valence-electron chi connectivity index (χ1n) is 9.57. The van der Waals surface area contributed by atoms with Crippen LogP contribution in [0.5, 0.6) is 0 Å². The first kappa shape index (κ1) is 26.1. The van der Waals surface area contributed by atoms with E-state index in [1.54, 1.807) is 6.20 Å². The minimum Gasteiger partial charge on any atom is -0.367 e. The second-order valence-corrected chi connectivity index (χ2v) is 7.29. The molecule has 0 atom stereocenters. The fourth-order valence-electron chi connectivity index (χ4n) is 3.54. The average molecular weight is 469 g/mol. The van der Waals surface area contributed by atoms with Crippen LogP contribution in [0.25, 0.3) is 23.1 Å². The van der Waals surface area contributed by atoms with E-state index in [4.69, 9.17) is 15.7 Å². The standard InChI is InChI=1S/C22H25N5.3ClH/c1-15-5-11-20-19(14-15)22(25-18-8-6-16(23)7-9-18)27-21(26-20)12-10-17-4-2-3-13-24-17;;;/h2-5,10-14,16,18H,6-9,23H2,1H3,(H,25,26,27);3*1H/b12-10-;;;. The van der Waals surface area contributed by atoms with Crippen LogP contribution in [-0.4, -0.2) is 27.0 Å². The second-order valence-electron chi connectivity index (χ2n) is 7.29. The zero-order chi connectivity index (χ0) is 18.6. The van der Waals surface area contributed by atoms with Crippen molar-refractivity contribution in [2.75, 3.05) is 5.32 Å². The molecule has 0 aliphatic heterocycles. The van der Waals surface area contributed by atoms with Crippen molar-refractivity contribution in [1.29, 1.82) is 0 Å². The fraction of sp³-hybridized carbons (Fsp3) is 0.318. The van der Waals surface area contributed by atoms with Gasteiger partial charge in [0.2, 0.25) is 0 Å². The lowest BCUT2D eigenvalue weighted by Crippen LogP contribution is -2.33. The Labute approximate surface area is 196 Å². The van der Waals surface area contributed by atoms with Crippen LogP contribution in [0.15, 0.2) is 42.6 Å². The van der Waals surface area contributed by atoms with Gasteiger partial charge >= 0.3 is 0 Å². The first-order valence-corrected chi connectivity index (χ1v) is 9.57. The maximum atomic E-state index is 6.05. The molecule has 0 unspecified atom stereocenters. The maximum absolute atomic E-state index is 6.05. The van der Waals surface area contributed by atoms with Gasteiger partial charge in [0.05, 0.1) is 11.2 Å². The zero-order valence-corrected chi connectivity index (χ0v) is 19.3. The van der Waals surface area contributed by atoms with Gasteiger partial charge in [0.25, 0.3) is 0 Å². The molecule has 0 spiro atoms. The molecule has 1 aromatic carbocycles. The fourth-order valence-corrected chi connectivity index (χ4v) is 3.54. The van der Waals surface area contributed by atoms with Crippen molar-refractivity contribution >= 4 is 66.1 Å². The number of nitrogens with one attached hydrogen (secondary N) is 1. The van der Waals surface area contributed by atoms with Gasteiger partial charge in [-0.15, -0.1) is 37.2 Å². The Balaban J connectivity index is 0.00000150. The topological polar surface area (TPSA) is 76.7 Å². The molecule has 0 bridgehead atoms. The van der Waals surface area contributed by atoms with E-state index in [0.29, 0.717) is 17.9 Å². The smallest absolute Gasteiger partial charge is 0.155 e. The van der Waals surface area contributed by atoms with Crippen molar-refractivity contribution in [1.82, 2.24) is 15.0 Å². The van der Waals surface area contributed by atoms with Crippen LogP contribution < -0.4 is 11.1 Å². The Bertz CT molecular complexity index is 958. The Morgan fingerprint density at radius 2 is 1.73 bits per heavy atom. The van der Waals surface area contributed by atoms with Gasteiger partial charge in [0, 0.05) is 23.7 Å². The van der Waals surface area contributed by atoms with Crippen LogP contribution in [0.1, 0.15) is 42.8 Å². The lowest BCUT2D eigenvalue weighted by molar-refractivity contribution is 0.410. The van der Waals surface area contributed by atoms with E-state index in [-0.39, 0.29) is 37.2 Å². The van der Waals surface area contributed by atoms with Gasteiger partial charge in [0.15, 0.2) is 5.82 Å². The minimum absolute atomic E-state index is 0. The van der Waals surface area contributed by atoms with Crippen molar-refractivity contribution in [3.8, 4) is 0 Å². The number of hydrogen-bond donors (Lipinski definition) is 2. The summed E-state index contributed by atoms with van der Waals surface area (Å²) < 4.78 is 0. The molecular formula is C22H28Cl3N5. The number of fused-ring (bicyclic) bond motifs is 1. The maximum Gasteiger partial charge on any atom is 0.155 e. The van der Waals surface area contributed by atoms with Crippen LogP contribution in [0.4, 0.5) is 5.82 Å². The Kier molecular flexibility index (Phi) is 10.5. The zero-order valence-electron chi connectivity index (χ0n) is 16.8. The van der Waals surface area contributed by atoms with Crippen molar-refractivity contribution in [3.05, 3.63) is 59.7 Å². The minimum atomic E-state index is 0. The molecule has 8 heteroatoms. The molecule has 1 saturated carbocycles. The molecule has 5 nitrogen and oxygen atoms in total. The second kappa shape index (κ2) is 12.1. The van der Waals surface area contributed by atoms with Crippen molar-refractivity contribution < 1.29 is 0 Å². The van der Waals surface area contributed by atoms with Gasteiger partial charge < -0.3 is 11.1 Å². The molecule has 2 heterocycles. The summed E-state index contributed by atoms with van der Waals surface area (Å²) in [7, 11) is 0. The van der Waals surface area contributed by atoms with E-state index in [2.05, 4.69) is 35.4 Å². The monoisotopic (exact) mass is 467 g/mol. The third-order valence-electron chi connectivity index (χ3n) is 5.07. The first-order chi connectivity index (χ1) is 13.2. The van der Waals surface area contributed by atoms with E-state index < -0.39 is 0 Å². The SMILES string of the molecule is Cc1ccc2nc(/C=C\c3ccccn3)nc(NC3CCC(N)CC3)c2c1.Cl.Cl.Cl. The number of rotatable bonds is 4. The molecular weight excluding hydrogens is 441 g/mol. The number of benzene rings is 1. The normalized spacial score (nSPS) is 18.2. The van der Waals surface area contributed by atoms with Crippen LogP contribution >= 0.6 is 37.2 Å². The van der Waals surface area contributed by atoms with E-state index in [1.165, 1.54) is 5.56 Å². The van der Waals surface area contributed by atoms with E-state index >= 15 is 0 Å². The highest BCUT2D eigenvalue weighted by atomic mass is 35.5. The summed E-state index contributed by atoms with van der Waals surface area (Å²) in [6.45, 7) is 2.09. The highest BCUT2D eigenvalue weighted by Crippen LogP contribution is 2.26. The molecule has 0 amide bonds. The van der Waals surface area contributed by atoms with Gasteiger partial charge in [-0.3, -0.25) is 4.98 Å². The number of nitrogens with zero attached hydrogens (tertiary/aromatic N) is 3. The van der Waals surface area contributed by atoms with Crippen LogP contribution in [0.3, 0.4) is 0 Å². The molecule has 1 aliphatic rings. The highest BCUT2D eigenvalue weighted by molar-refractivity contribution is 5.90. The third-order valence-corrected chi connectivity index (χ3v) is 5.07. The van der Waals surface area contributed by atoms with Crippen molar-refractivity contribution in [3.63, 3.8) is 0 Å². The predicted octanol–water partition coefficient (Wildman–Crippen LogP) is 5.45. The largest absolute Gasteiger partial charge is 0.367 e. The van der Waals surface area contributed by atoms with Crippen molar-refractivity contribution in [2.45, 2.75) is 44.7 Å². The summed E-state index contributed by atoms with van der Waals surface area (Å²) >= 11 is 0. The van der Waals surface area contributed by atoms with Crippen LogP contribution in [0.2, 0.25) is 0 Å². The molecule has 0 saturated heterocycles. The Morgan fingerprint density at radius 3 is 2.43 bits per heavy atom. The number of aryl methyl sites for hydroxylation is 1. The number of pyridine rings is 1. The Hall–Kier alpha value is -1.92. The summed E-state index contributed by atoms with van der Waals surface area (Å²) in [4.78, 5) is 13.8. The van der Waals surface area contributed by atoms with Crippen LogP contribution in [0, 0.1) is 6.92 Å². The van der Waals surface area contributed by atoms with Crippen molar-refractivity contribution in [2.24, 2.45) is 5.73 Å². The number of hydrogen-bond acceptors (Lipinski definition) is 5. The molecule has 3 N–H and O–H groups in total. The summed E-state index contributed by atoms with van der Waals surface area (Å²) in [5.74, 6) is 1.59. The van der Waals surface area contributed by atoms with E-state index in [1.807, 2.05) is 30.4 Å². The number of aromatic nitrogens is 3. The third kappa shape index (κ3) is 6.54. The average Bonchev–Trinajstić information content (AvgIpc) is 2.69. The lowest BCUT2D eigenvalue weighted by Gasteiger charge is -2.27. The molecule has 2 aromatic heterocycles. The van der Waals surface area contributed by atoms with Gasteiger partial charge in [-0.05, 0) is 69.0 Å². The molecule has 30 heavy (non-hydrogen) atoms. The van der Waals surface area contributed by atoms with Gasteiger partial charge in [-0.1, -0.05) is 17.7 Å². The summed E-state index contributed by atoms with van der Waals surface area (Å²) in [5, 5.41) is 4.72. The number of halogens is 3. The lowest BCUT2D eigenvalue weighted by atomic mass is 9.92. The quantitative estimate of drug-likeness (QED) is 0.532. The van der Waals surface area contributed by atoms with Gasteiger partial charge in [-0.2, -0.15) is 0 Å².